The number of nitrogens with one attached hydrogen (secondary N) is 1. The Kier molecular flexibility index (Phi) is 5.50. The molecule has 0 bridgehead atoms. The van der Waals surface area contributed by atoms with E-state index in [0.717, 1.165) is 42.7 Å². The highest BCUT2D eigenvalue weighted by Crippen LogP contribution is 2.30. The molecule has 0 radical (unpaired) electrons. The zero-order valence-corrected chi connectivity index (χ0v) is 17.4. The molecule has 1 aliphatic carbocycles. The summed E-state index contributed by atoms with van der Waals surface area (Å²) in [5.41, 5.74) is 2.18. The molecule has 1 N–H and O–H groups in total. The van der Waals surface area contributed by atoms with E-state index in [1.807, 2.05) is 0 Å². The van der Waals surface area contributed by atoms with Crippen molar-refractivity contribution in [1.82, 2.24) is 0 Å². The first kappa shape index (κ1) is 19.8. The van der Waals surface area contributed by atoms with Crippen LogP contribution in [0.3, 0.4) is 0 Å². The van der Waals surface area contributed by atoms with Crippen molar-refractivity contribution < 1.29 is 17.9 Å². The lowest BCUT2D eigenvalue weighted by atomic mass is 10.0. The molecular formula is C22H26N2O4S. The van der Waals surface area contributed by atoms with Gasteiger partial charge in [-0.05, 0) is 86.6 Å². The van der Waals surface area contributed by atoms with Gasteiger partial charge < -0.3 is 9.64 Å². The van der Waals surface area contributed by atoms with Gasteiger partial charge >= 0.3 is 0 Å². The predicted molar refractivity (Wildman–Crippen MR) is 113 cm³/mol. The molecule has 0 spiro atoms. The van der Waals surface area contributed by atoms with Crippen LogP contribution >= 0.6 is 0 Å². The summed E-state index contributed by atoms with van der Waals surface area (Å²) in [6.07, 6.45) is 6.41. The molecule has 1 fully saturated rings. The van der Waals surface area contributed by atoms with Crippen LogP contribution in [0.25, 0.3) is 0 Å². The van der Waals surface area contributed by atoms with E-state index in [2.05, 4.69) is 4.72 Å². The standard InChI is InChI=1S/C22H26N2O4S/c1-16(25)24-14-4-5-17-15-21(12-13-22(17)24)29(26,27)23-18-8-10-20(11-9-18)28-19-6-2-3-7-19/h8-13,15,19,23H,2-7,14H2,1H3. The van der Waals surface area contributed by atoms with Crippen LogP contribution < -0.4 is 14.4 Å². The third kappa shape index (κ3) is 4.40. The number of aryl methyl sites for hydroxylation is 1. The van der Waals surface area contributed by atoms with Crippen LogP contribution in [-0.4, -0.2) is 27.0 Å². The number of hydrogen-bond donors (Lipinski definition) is 1. The van der Waals surface area contributed by atoms with Crippen molar-refractivity contribution in [3.63, 3.8) is 0 Å². The summed E-state index contributed by atoms with van der Waals surface area (Å²) in [5, 5.41) is 0. The third-order valence-corrected chi connectivity index (χ3v) is 6.95. The van der Waals surface area contributed by atoms with Gasteiger partial charge in [0, 0.05) is 24.8 Å². The number of carbonyl (C=O) groups is 1. The second-order valence-electron chi connectivity index (χ2n) is 7.72. The summed E-state index contributed by atoms with van der Waals surface area (Å²) in [4.78, 5) is 13.7. The molecule has 2 aromatic rings. The Labute approximate surface area is 171 Å². The SMILES string of the molecule is CC(=O)N1CCCc2cc(S(=O)(=O)Nc3ccc(OC4CCCC4)cc3)ccc21. The minimum Gasteiger partial charge on any atom is -0.490 e. The first-order valence-electron chi connectivity index (χ1n) is 10.1. The van der Waals surface area contributed by atoms with E-state index >= 15 is 0 Å². The lowest BCUT2D eigenvalue weighted by Gasteiger charge is -2.28. The third-order valence-electron chi connectivity index (χ3n) is 5.57. The van der Waals surface area contributed by atoms with Gasteiger partial charge in [0.2, 0.25) is 5.91 Å². The molecule has 1 heterocycles. The van der Waals surface area contributed by atoms with Gasteiger partial charge in [-0.2, -0.15) is 0 Å². The second-order valence-corrected chi connectivity index (χ2v) is 9.40. The molecular weight excluding hydrogens is 388 g/mol. The molecule has 1 saturated carbocycles. The number of carbonyl (C=O) groups excluding carboxylic acids is 1. The van der Waals surface area contributed by atoms with E-state index in [9.17, 15) is 13.2 Å². The number of fused-ring (bicyclic) bond motifs is 1. The van der Waals surface area contributed by atoms with Gasteiger partial charge in [-0.15, -0.1) is 0 Å². The van der Waals surface area contributed by atoms with E-state index in [4.69, 9.17) is 4.74 Å². The van der Waals surface area contributed by atoms with Crippen LogP contribution in [-0.2, 0) is 21.2 Å². The summed E-state index contributed by atoms with van der Waals surface area (Å²) in [6.45, 7) is 2.20. The summed E-state index contributed by atoms with van der Waals surface area (Å²) in [6, 6.07) is 12.0. The zero-order valence-electron chi connectivity index (χ0n) is 16.6. The van der Waals surface area contributed by atoms with Gasteiger partial charge in [-0.3, -0.25) is 9.52 Å². The molecule has 7 heteroatoms. The normalized spacial score (nSPS) is 17.1. The van der Waals surface area contributed by atoms with Crippen molar-refractivity contribution in [2.24, 2.45) is 0 Å². The van der Waals surface area contributed by atoms with Crippen molar-refractivity contribution in [2.75, 3.05) is 16.2 Å². The Balaban J connectivity index is 1.49. The van der Waals surface area contributed by atoms with E-state index in [0.29, 0.717) is 12.2 Å². The van der Waals surface area contributed by atoms with Crippen LogP contribution in [0.4, 0.5) is 11.4 Å². The highest BCUT2D eigenvalue weighted by atomic mass is 32.2. The number of benzene rings is 2. The fraction of sp³-hybridized carbons (Fsp3) is 0.409. The first-order valence-corrected chi connectivity index (χ1v) is 11.6. The summed E-state index contributed by atoms with van der Waals surface area (Å²) in [5.74, 6) is 0.734. The largest absolute Gasteiger partial charge is 0.490 e. The van der Waals surface area contributed by atoms with Crippen LogP contribution in [0.1, 0.15) is 44.6 Å². The molecule has 0 atom stereocenters. The van der Waals surface area contributed by atoms with E-state index in [1.54, 1.807) is 47.4 Å². The molecule has 0 saturated heterocycles. The van der Waals surface area contributed by atoms with Crippen molar-refractivity contribution in [1.29, 1.82) is 0 Å². The molecule has 2 aromatic carbocycles. The van der Waals surface area contributed by atoms with Gasteiger partial charge in [-0.1, -0.05) is 0 Å². The molecule has 0 unspecified atom stereocenters. The number of ether oxygens (including phenoxy) is 1. The number of rotatable bonds is 5. The smallest absolute Gasteiger partial charge is 0.261 e. The van der Waals surface area contributed by atoms with E-state index < -0.39 is 10.0 Å². The lowest BCUT2D eigenvalue weighted by molar-refractivity contribution is -0.116. The topological polar surface area (TPSA) is 75.7 Å². The first-order chi connectivity index (χ1) is 13.9. The molecule has 6 nitrogen and oxygen atoms in total. The van der Waals surface area contributed by atoms with E-state index in [1.165, 1.54) is 19.8 Å². The molecule has 0 aromatic heterocycles. The molecule has 29 heavy (non-hydrogen) atoms. The van der Waals surface area contributed by atoms with Gasteiger partial charge in [0.05, 0.1) is 11.0 Å². The van der Waals surface area contributed by atoms with Crippen molar-refractivity contribution in [2.45, 2.75) is 56.4 Å². The molecule has 4 rings (SSSR count). The fourth-order valence-electron chi connectivity index (χ4n) is 4.08. The van der Waals surface area contributed by atoms with Crippen LogP contribution in [0.5, 0.6) is 5.75 Å². The van der Waals surface area contributed by atoms with Crippen LogP contribution in [0, 0.1) is 0 Å². The monoisotopic (exact) mass is 414 g/mol. The van der Waals surface area contributed by atoms with Gasteiger partial charge in [-0.25, -0.2) is 8.42 Å². The highest BCUT2D eigenvalue weighted by Gasteiger charge is 2.23. The van der Waals surface area contributed by atoms with Gasteiger partial charge in [0.15, 0.2) is 0 Å². The summed E-state index contributed by atoms with van der Waals surface area (Å²) < 4.78 is 34.2. The number of anilines is 2. The maximum absolute atomic E-state index is 12.8. The maximum Gasteiger partial charge on any atom is 0.261 e. The lowest BCUT2D eigenvalue weighted by Crippen LogP contribution is -2.33. The zero-order chi connectivity index (χ0) is 20.4. The van der Waals surface area contributed by atoms with Crippen molar-refractivity contribution >= 4 is 27.3 Å². The Bertz CT molecular complexity index is 996. The van der Waals surface area contributed by atoms with Crippen LogP contribution in [0.2, 0.25) is 0 Å². The van der Waals surface area contributed by atoms with Crippen LogP contribution in [0.15, 0.2) is 47.4 Å². The average Bonchev–Trinajstić information content (AvgIpc) is 3.21. The fourth-order valence-corrected chi connectivity index (χ4v) is 5.19. The number of amides is 1. The average molecular weight is 415 g/mol. The minimum atomic E-state index is -3.71. The number of sulfonamides is 1. The van der Waals surface area contributed by atoms with Crippen molar-refractivity contribution in [3.05, 3.63) is 48.0 Å². The number of nitrogens with zero attached hydrogens (tertiary/aromatic N) is 1. The maximum atomic E-state index is 12.8. The molecule has 1 aliphatic heterocycles. The highest BCUT2D eigenvalue weighted by molar-refractivity contribution is 7.92. The Morgan fingerprint density at radius 2 is 1.79 bits per heavy atom. The van der Waals surface area contributed by atoms with Gasteiger partial charge in [0.25, 0.3) is 10.0 Å². The summed E-state index contributed by atoms with van der Waals surface area (Å²) in [7, 11) is -3.71. The molecule has 2 aliphatic rings. The minimum absolute atomic E-state index is 0.0282. The van der Waals surface area contributed by atoms with Gasteiger partial charge in [0.1, 0.15) is 5.75 Å². The quantitative estimate of drug-likeness (QED) is 0.799. The van der Waals surface area contributed by atoms with E-state index in [-0.39, 0.29) is 16.9 Å². The Morgan fingerprint density at radius 1 is 1.07 bits per heavy atom. The van der Waals surface area contributed by atoms with Crippen molar-refractivity contribution in [3.8, 4) is 5.75 Å². The molecule has 1 amide bonds. The summed E-state index contributed by atoms with van der Waals surface area (Å²) >= 11 is 0. The predicted octanol–water partition coefficient (Wildman–Crippen LogP) is 4.11. The Morgan fingerprint density at radius 3 is 2.48 bits per heavy atom. The molecule has 154 valence electrons. The number of hydrogen-bond acceptors (Lipinski definition) is 4. The second kappa shape index (κ2) is 8.06. The Hall–Kier alpha value is -2.54.